The molecule has 2 aliphatic heterocycles. The van der Waals surface area contributed by atoms with Gasteiger partial charge in [0.05, 0.1) is 6.26 Å². The van der Waals surface area contributed by atoms with Gasteiger partial charge >= 0.3 is 6.03 Å². The van der Waals surface area contributed by atoms with Gasteiger partial charge < -0.3 is 14.5 Å². The molecule has 0 aromatic rings. The third kappa shape index (κ3) is 3.42. The number of carbonyl (C=O) groups excluding carboxylic acids is 1. The highest BCUT2D eigenvalue weighted by Gasteiger charge is 2.22. The van der Waals surface area contributed by atoms with E-state index in [0.717, 1.165) is 30.0 Å². The van der Waals surface area contributed by atoms with Crippen LogP contribution in [0, 0.1) is 0 Å². The maximum absolute atomic E-state index is 11.5. The summed E-state index contributed by atoms with van der Waals surface area (Å²) in [5.74, 6) is 1.23. The van der Waals surface area contributed by atoms with Crippen molar-refractivity contribution in [1.82, 2.24) is 10.2 Å². The second kappa shape index (κ2) is 6.91. The summed E-state index contributed by atoms with van der Waals surface area (Å²) in [5, 5.41) is 5.19. The SMILES string of the molecule is CNC(=O)Nc1occc2c(OC(C)N3CCCCC3)ccc1-2. The molecule has 23 heavy (non-hydrogen) atoms. The summed E-state index contributed by atoms with van der Waals surface area (Å²) in [7, 11) is 1.56. The lowest BCUT2D eigenvalue weighted by Crippen LogP contribution is -2.40. The van der Waals surface area contributed by atoms with Gasteiger partial charge in [-0.15, -0.1) is 0 Å². The Labute approximate surface area is 136 Å². The monoisotopic (exact) mass is 317 g/mol. The molecule has 2 N–H and O–H groups in total. The summed E-state index contributed by atoms with van der Waals surface area (Å²) < 4.78 is 11.6. The lowest BCUT2D eigenvalue weighted by atomic mass is 10.1. The molecule has 2 amide bonds. The van der Waals surface area contributed by atoms with Gasteiger partial charge in [0.25, 0.3) is 0 Å². The van der Waals surface area contributed by atoms with Gasteiger partial charge in [0.2, 0.25) is 5.88 Å². The second-order valence-electron chi connectivity index (χ2n) is 5.79. The van der Waals surface area contributed by atoms with E-state index in [4.69, 9.17) is 9.15 Å². The van der Waals surface area contributed by atoms with Crippen molar-refractivity contribution in [2.45, 2.75) is 32.4 Å². The van der Waals surface area contributed by atoms with Crippen LogP contribution in [0.25, 0.3) is 11.1 Å². The molecule has 3 rings (SSSR count). The molecule has 0 aromatic carbocycles. The molecule has 6 heteroatoms. The van der Waals surface area contributed by atoms with Crippen LogP contribution in [0.1, 0.15) is 26.2 Å². The molecule has 1 unspecified atom stereocenters. The number of piperidine rings is 1. The smallest absolute Gasteiger partial charge is 0.321 e. The van der Waals surface area contributed by atoms with Gasteiger partial charge in [-0.3, -0.25) is 10.2 Å². The van der Waals surface area contributed by atoms with Crippen molar-refractivity contribution in [2.75, 3.05) is 25.5 Å². The minimum absolute atomic E-state index is 0.0356. The molecule has 0 radical (unpaired) electrons. The van der Waals surface area contributed by atoms with Crippen molar-refractivity contribution < 1.29 is 13.9 Å². The molecule has 1 fully saturated rings. The Kier molecular flexibility index (Phi) is 4.71. The lowest BCUT2D eigenvalue weighted by Gasteiger charge is -2.32. The average molecular weight is 317 g/mol. The fourth-order valence-electron chi connectivity index (χ4n) is 2.98. The van der Waals surface area contributed by atoms with Crippen LogP contribution >= 0.6 is 0 Å². The normalized spacial score (nSPS) is 17.0. The van der Waals surface area contributed by atoms with Crippen LogP contribution < -0.4 is 15.4 Å². The van der Waals surface area contributed by atoms with Gasteiger partial charge in [-0.2, -0.15) is 0 Å². The number of urea groups is 1. The number of hydrogen-bond donors (Lipinski definition) is 2. The molecular weight excluding hydrogens is 294 g/mol. The Morgan fingerprint density at radius 1 is 1.22 bits per heavy atom. The molecule has 0 spiro atoms. The maximum atomic E-state index is 11.5. The third-order valence-corrected chi connectivity index (χ3v) is 4.28. The standard InChI is InChI=1S/C17H23N3O3/c1-12(20-9-4-3-5-10-20)23-15-7-6-14-13(15)8-11-22-16(14)19-17(21)18-2/h6-8,11-12H,3-5,9-10H2,1-2H3,(H2,18,19,21). The van der Waals surface area contributed by atoms with Crippen LogP contribution in [0.15, 0.2) is 28.9 Å². The van der Waals surface area contributed by atoms with E-state index in [0.29, 0.717) is 5.88 Å². The summed E-state index contributed by atoms with van der Waals surface area (Å²) in [6.45, 7) is 4.25. The number of fused-ring (bicyclic) bond motifs is 1. The van der Waals surface area contributed by atoms with Crippen LogP contribution in [-0.2, 0) is 0 Å². The topological polar surface area (TPSA) is 66.7 Å². The molecule has 0 saturated carbocycles. The van der Waals surface area contributed by atoms with Crippen LogP contribution in [-0.4, -0.2) is 37.3 Å². The number of hydrogen-bond acceptors (Lipinski definition) is 4. The average Bonchev–Trinajstić information content (AvgIpc) is 2.99. The molecule has 1 aliphatic carbocycles. The van der Waals surface area contributed by atoms with Crippen LogP contribution in [0.4, 0.5) is 10.7 Å². The van der Waals surface area contributed by atoms with Crippen molar-refractivity contribution in [3.8, 4) is 16.9 Å². The minimum atomic E-state index is -0.313. The van der Waals surface area contributed by atoms with E-state index in [-0.39, 0.29) is 12.3 Å². The van der Waals surface area contributed by atoms with Crippen molar-refractivity contribution in [3.05, 3.63) is 24.5 Å². The first kappa shape index (κ1) is 15.7. The zero-order chi connectivity index (χ0) is 16.2. The number of anilines is 1. The largest absolute Gasteiger partial charge is 0.475 e. The minimum Gasteiger partial charge on any atom is -0.475 e. The summed E-state index contributed by atoms with van der Waals surface area (Å²) in [5.41, 5.74) is 1.77. The van der Waals surface area contributed by atoms with Crippen molar-refractivity contribution >= 4 is 11.9 Å². The zero-order valence-electron chi connectivity index (χ0n) is 13.6. The van der Waals surface area contributed by atoms with Crippen molar-refractivity contribution in [1.29, 1.82) is 0 Å². The Bertz CT molecular complexity index is 634. The van der Waals surface area contributed by atoms with Crippen LogP contribution in [0.5, 0.6) is 5.75 Å². The molecule has 3 aliphatic rings. The fourth-order valence-corrected chi connectivity index (χ4v) is 2.98. The number of carbonyl (C=O) groups is 1. The first-order valence-electron chi connectivity index (χ1n) is 8.08. The predicted molar refractivity (Wildman–Crippen MR) is 88.9 cm³/mol. The van der Waals surface area contributed by atoms with Gasteiger partial charge in [-0.05, 0) is 38.0 Å². The molecule has 2 heterocycles. The van der Waals surface area contributed by atoms with E-state index in [1.54, 1.807) is 13.3 Å². The van der Waals surface area contributed by atoms with Gasteiger partial charge in [-0.1, -0.05) is 6.42 Å². The summed E-state index contributed by atoms with van der Waals surface area (Å²) >= 11 is 0. The van der Waals surface area contributed by atoms with E-state index >= 15 is 0 Å². The zero-order valence-corrected chi connectivity index (χ0v) is 13.6. The van der Waals surface area contributed by atoms with Crippen LogP contribution in [0.2, 0.25) is 0 Å². The Hall–Kier alpha value is -2.21. The number of nitrogens with zero attached hydrogens (tertiary/aromatic N) is 1. The summed E-state index contributed by atoms with van der Waals surface area (Å²) in [6.07, 6.45) is 5.36. The summed E-state index contributed by atoms with van der Waals surface area (Å²) in [6, 6.07) is 5.38. The highest BCUT2D eigenvalue weighted by molar-refractivity contribution is 5.93. The van der Waals surface area contributed by atoms with Gasteiger partial charge in [0.15, 0.2) is 0 Å². The van der Waals surface area contributed by atoms with E-state index in [9.17, 15) is 4.79 Å². The van der Waals surface area contributed by atoms with Crippen LogP contribution in [0.3, 0.4) is 0 Å². The van der Waals surface area contributed by atoms with Gasteiger partial charge in [0, 0.05) is 31.3 Å². The van der Waals surface area contributed by atoms with E-state index in [2.05, 4.69) is 22.5 Å². The highest BCUT2D eigenvalue weighted by atomic mass is 16.5. The van der Waals surface area contributed by atoms with Crippen molar-refractivity contribution in [2.24, 2.45) is 0 Å². The highest BCUT2D eigenvalue weighted by Crippen LogP contribution is 2.39. The first-order valence-corrected chi connectivity index (χ1v) is 8.08. The molecule has 6 nitrogen and oxygen atoms in total. The predicted octanol–water partition coefficient (Wildman–Crippen LogP) is 3.35. The van der Waals surface area contributed by atoms with Gasteiger partial charge in [-0.25, -0.2) is 4.79 Å². The summed E-state index contributed by atoms with van der Waals surface area (Å²) in [4.78, 5) is 13.9. The van der Waals surface area contributed by atoms with E-state index in [1.807, 2.05) is 18.2 Å². The molecule has 1 saturated heterocycles. The van der Waals surface area contributed by atoms with E-state index < -0.39 is 0 Å². The molecule has 0 bridgehead atoms. The van der Waals surface area contributed by atoms with Crippen molar-refractivity contribution in [3.63, 3.8) is 0 Å². The third-order valence-electron chi connectivity index (χ3n) is 4.28. The number of nitrogens with one attached hydrogen (secondary N) is 2. The number of ether oxygens (including phenoxy) is 1. The Morgan fingerprint density at radius 3 is 2.74 bits per heavy atom. The van der Waals surface area contributed by atoms with Gasteiger partial charge in [0.1, 0.15) is 12.0 Å². The fraction of sp³-hybridized carbons (Fsp3) is 0.471. The number of rotatable bonds is 4. The molecular formula is C17H23N3O3. The Morgan fingerprint density at radius 2 is 2.00 bits per heavy atom. The van der Waals surface area contributed by atoms with E-state index in [1.165, 1.54) is 19.3 Å². The Balaban J connectivity index is 1.74. The number of likely N-dealkylation sites (tertiary alicyclic amines) is 1. The molecule has 1 atom stereocenters. The quantitative estimate of drug-likeness (QED) is 0.907. The molecule has 0 aromatic heterocycles. The first-order chi connectivity index (χ1) is 11.2. The maximum Gasteiger partial charge on any atom is 0.321 e. The lowest BCUT2D eigenvalue weighted by molar-refractivity contribution is 0.0268. The second-order valence-corrected chi connectivity index (χ2v) is 5.79. The number of amides is 2. The molecule has 124 valence electrons.